The van der Waals surface area contributed by atoms with E-state index in [1.807, 2.05) is 12.1 Å². The second kappa shape index (κ2) is 8.96. The molecule has 0 aliphatic carbocycles. The lowest BCUT2D eigenvalue weighted by atomic mass is 10.0. The number of aryl methyl sites for hydroxylation is 2. The van der Waals surface area contributed by atoms with Crippen LogP contribution in [0.15, 0.2) is 29.4 Å². The summed E-state index contributed by atoms with van der Waals surface area (Å²) < 4.78 is 0. The van der Waals surface area contributed by atoms with Crippen LogP contribution in [0.2, 0.25) is 0 Å². The molecule has 5 nitrogen and oxygen atoms in total. The van der Waals surface area contributed by atoms with E-state index in [1.165, 1.54) is 11.1 Å². The van der Waals surface area contributed by atoms with Crippen molar-refractivity contribution in [1.29, 1.82) is 0 Å². The first-order chi connectivity index (χ1) is 9.63. The molecule has 1 aromatic carbocycles. The van der Waals surface area contributed by atoms with Gasteiger partial charge in [0.05, 0.1) is 0 Å². The highest BCUT2D eigenvalue weighted by Gasteiger charge is 2.03. The van der Waals surface area contributed by atoms with Gasteiger partial charge in [0, 0.05) is 19.4 Å². The molecule has 0 saturated carbocycles. The van der Waals surface area contributed by atoms with Crippen LogP contribution in [0, 0.1) is 6.92 Å². The van der Waals surface area contributed by atoms with Crippen LogP contribution in [0.5, 0.6) is 0 Å². The molecule has 0 atom stereocenters. The molecular weight excluding hydrogens is 254 g/mol. The Labute approximate surface area is 119 Å². The molecule has 0 aliphatic heterocycles. The maximum Gasteiger partial charge on any atom is 0.220 e. The van der Waals surface area contributed by atoms with Gasteiger partial charge in [0.25, 0.3) is 0 Å². The molecule has 0 bridgehead atoms. The molecule has 1 amide bonds. The van der Waals surface area contributed by atoms with E-state index in [9.17, 15) is 4.79 Å². The quantitative estimate of drug-likeness (QED) is 0.223. The molecule has 20 heavy (non-hydrogen) atoms. The minimum absolute atomic E-state index is 0.0667. The highest BCUT2D eigenvalue weighted by Crippen LogP contribution is 2.09. The van der Waals surface area contributed by atoms with Crippen LogP contribution < -0.4 is 11.1 Å². The molecule has 0 fully saturated rings. The van der Waals surface area contributed by atoms with Crippen LogP contribution in [-0.4, -0.2) is 23.5 Å². The van der Waals surface area contributed by atoms with Crippen molar-refractivity contribution in [1.82, 2.24) is 5.32 Å². The van der Waals surface area contributed by atoms with Crippen molar-refractivity contribution in [2.75, 3.05) is 6.54 Å². The zero-order valence-electron chi connectivity index (χ0n) is 11.9. The minimum atomic E-state index is 0.0667. The van der Waals surface area contributed by atoms with E-state index >= 15 is 0 Å². The molecule has 0 saturated heterocycles. The van der Waals surface area contributed by atoms with Crippen LogP contribution in [0.1, 0.15) is 36.8 Å². The zero-order chi connectivity index (χ0) is 14.8. The van der Waals surface area contributed by atoms with Crippen LogP contribution >= 0.6 is 0 Å². The number of carbonyl (C=O) groups is 1. The number of unbranched alkanes of at least 4 members (excludes halogenated alkanes) is 1. The van der Waals surface area contributed by atoms with Gasteiger partial charge in [-0.15, -0.1) is 0 Å². The van der Waals surface area contributed by atoms with E-state index in [0.29, 0.717) is 19.4 Å². The van der Waals surface area contributed by atoms with Gasteiger partial charge in [-0.05, 0) is 37.3 Å². The molecule has 0 radical (unpaired) electrons. The van der Waals surface area contributed by atoms with Gasteiger partial charge in [-0.25, -0.2) is 0 Å². The van der Waals surface area contributed by atoms with Crippen molar-refractivity contribution >= 4 is 11.7 Å². The maximum atomic E-state index is 11.7. The number of nitrogens with zero attached hydrogens (tertiary/aromatic N) is 1. The van der Waals surface area contributed by atoms with Gasteiger partial charge in [-0.2, -0.15) is 0 Å². The molecule has 0 unspecified atom stereocenters. The average molecular weight is 277 g/mol. The van der Waals surface area contributed by atoms with Crippen molar-refractivity contribution in [3.8, 4) is 0 Å². The number of carbonyl (C=O) groups excluding carboxylic acids is 1. The first-order valence-electron chi connectivity index (χ1n) is 6.91. The first kappa shape index (κ1) is 16.0. The van der Waals surface area contributed by atoms with Gasteiger partial charge in [-0.1, -0.05) is 29.4 Å². The second-order valence-corrected chi connectivity index (χ2v) is 4.82. The summed E-state index contributed by atoms with van der Waals surface area (Å²) >= 11 is 0. The summed E-state index contributed by atoms with van der Waals surface area (Å²) in [6, 6.07) is 8.10. The SMILES string of the molecule is Cc1ccccc1CCC(=O)NCCCCC(N)=NO. The maximum absolute atomic E-state index is 11.7. The Bertz CT molecular complexity index is 458. The van der Waals surface area contributed by atoms with E-state index < -0.39 is 0 Å². The van der Waals surface area contributed by atoms with Crippen molar-refractivity contribution in [3.63, 3.8) is 0 Å². The van der Waals surface area contributed by atoms with E-state index in [-0.39, 0.29) is 11.7 Å². The molecule has 0 aliphatic rings. The normalized spacial score (nSPS) is 11.3. The minimum Gasteiger partial charge on any atom is -0.409 e. The van der Waals surface area contributed by atoms with Crippen molar-refractivity contribution < 1.29 is 10.0 Å². The lowest BCUT2D eigenvalue weighted by molar-refractivity contribution is -0.121. The predicted octanol–water partition coefficient (Wildman–Crippen LogP) is 1.96. The topological polar surface area (TPSA) is 87.7 Å². The summed E-state index contributed by atoms with van der Waals surface area (Å²) in [7, 11) is 0. The van der Waals surface area contributed by atoms with E-state index in [2.05, 4.69) is 29.5 Å². The smallest absolute Gasteiger partial charge is 0.220 e. The Kier molecular flexibility index (Phi) is 7.17. The number of nitrogens with one attached hydrogen (secondary N) is 1. The van der Waals surface area contributed by atoms with Crippen molar-refractivity contribution in [2.24, 2.45) is 10.9 Å². The number of amidine groups is 1. The van der Waals surface area contributed by atoms with Gasteiger partial charge < -0.3 is 16.3 Å². The average Bonchev–Trinajstić information content (AvgIpc) is 2.45. The molecule has 4 N–H and O–H groups in total. The first-order valence-corrected chi connectivity index (χ1v) is 6.91. The van der Waals surface area contributed by atoms with Crippen molar-refractivity contribution in [2.45, 2.75) is 39.0 Å². The summed E-state index contributed by atoms with van der Waals surface area (Å²) in [4.78, 5) is 11.7. The second-order valence-electron chi connectivity index (χ2n) is 4.82. The Morgan fingerprint density at radius 2 is 2.05 bits per heavy atom. The molecular formula is C15H23N3O2. The number of oxime groups is 1. The molecule has 0 spiro atoms. The summed E-state index contributed by atoms with van der Waals surface area (Å²) in [6.07, 6.45) is 3.45. The third kappa shape index (κ3) is 6.22. The van der Waals surface area contributed by atoms with Gasteiger partial charge >= 0.3 is 0 Å². The van der Waals surface area contributed by atoms with Crippen LogP contribution in [-0.2, 0) is 11.2 Å². The standard InChI is InChI=1S/C15H23N3O2/c1-12-6-2-3-7-13(12)9-10-15(19)17-11-5-4-8-14(16)18-20/h2-3,6-7,20H,4-5,8-11H2,1H3,(H2,16,18)(H,17,19). The van der Waals surface area contributed by atoms with Gasteiger partial charge in [0.1, 0.15) is 5.84 Å². The van der Waals surface area contributed by atoms with Gasteiger partial charge in [-0.3, -0.25) is 4.79 Å². The number of rotatable bonds is 8. The summed E-state index contributed by atoms with van der Waals surface area (Å²) in [5.74, 6) is 0.299. The fourth-order valence-electron chi connectivity index (χ4n) is 1.94. The Hall–Kier alpha value is -2.04. The lowest BCUT2D eigenvalue weighted by Gasteiger charge is -2.07. The summed E-state index contributed by atoms with van der Waals surface area (Å²) in [5, 5.41) is 14.2. The number of amides is 1. The van der Waals surface area contributed by atoms with Gasteiger partial charge in [0.15, 0.2) is 0 Å². The molecule has 5 heteroatoms. The molecule has 0 heterocycles. The largest absolute Gasteiger partial charge is 0.409 e. The molecule has 0 aromatic heterocycles. The summed E-state index contributed by atoms with van der Waals surface area (Å²) in [6.45, 7) is 2.69. The number of hydrogen-bond acceptors (Lipinski definition) is 3. The third-order valence-corrected chi connectivity index (χ3v) is 3.19. The fourth-order valence-corrected chi connectivity index (χ4v) is 1.94. The van der Waals surface area contributed by atoms with Crippen LogP contribution in [0.3, 0.4) is 0 Å². The number of nitrogens with two attached hydrogens (primary N) is 1. The van der Waals surface area contributed by atoms with Crippen LogP contribution in [0.4, 0.5) is 0 Å². The lowest BCUT2D eigenvalue weighted by Crippen LogP contribution is -2.25. The van der Waals surface area contributed by atoms with Gasteiger partial charge in [0.2, 0.25) is 5.91 Å². The third-order valence-electron chi connectivity index (χ3n) is 3.19. The van der Waals surface area contributed by atoms with E-state index in [4.69, 9.17) is 10.9 Å². The Morgan fingerprint density at radius 3 is 2.75 bits per heavy atom. The monoisotopic (exact) mass is 277 g/mol. The molecule has 1 rings (SSSR count). The molecule has 1 aromatic rings. The Morgan fingerprint density at radius 1 is 1.30 bits per heavy atom. The predicted molar refractivity (Wildman–Crippen MR) is 79.8 cm³/mol. The molecule has 110 valence electrons. The summed E-state index contributed by atoms with van der Waals surface area (Å²) in [5.41, 5.74) is 7.79. The highest BCUT2D eigenvalue weighted by atomic mass is 16.4. The van der Waals surface area contributed by atoms with E-state index in [0.717, 1.165) is 19.3 Å². The van der Waals surface area contributed by atoms with Crippen LogP contribution in [0.25, 0.3) is 0 Å². The number of hydrogen-bond donors (Lipinski definition) is 3. The van der Waals surface area contributed by atoms with E-state index in [1.54, 1.807) is 0 Å². The van der Waals surface area contributed by atoms with Crippen molar-refractivity contribution in [3.05, 3.63) is 35.4 Å². The Balaban J connectivity index is 2.14. The zero-order valence-corrected chi connectivity index (χ0v) is 11.9. The highest BCUT2D eigenvalue weighted by molar-refractivity contribution is 5.79. The fraction of sp³-hybridized carbons (Fsp3) is 0.467. The number of benzene rings is 1.